The fourth-order valence-electron chi connectivity index (χ4n) is 5.98. The van der Waals surface area contributed by atoms with E-state index in [-0.39, 0.29) is 6.10 Å². The second kappa shape index (κ2) is 6.16. The van der Waals surface area contributed by atoms with E-state index in [1.54, 1.807) is 24.3 Å². The minimum absolute atomic E-state index is 0.111. The Bertz CT molecular complexity index is 820. The Morgan fingerprint density at radius 3 is 1.82 bits per heavy atom. The molecule has 0 amide bonds. The minimum atomic E-state index is -1.79. The number of carbonyl (C=O) groups is 1. The lowest BCUT2D eigenvalue weighted by molar-refractivity contribution is -0.937. The Kier molecular flexibility index (Phi) is 3.94. The summed E-state index contributed by atoms with van der Waals surface area (Å²) in [5.74, 6) is 1.03. The maximum Gasteiger partial charge on any atom is 0.347 e. The van der Waals surface area contributed by atoms with Gasteiger partial charge >= 0.3 is 5.97 Å². The van der Waals surface area contributed by atoms with Crippen LogP contribution in [0.2, 0.25) is 0 Å². The molecule has 2 aliphatic heterocycles. The van der Waals surface area contributed by atoms with Gasteiger partial charge in [0.25, 0.3) is 0 Å². The summed E-state index contributed by atoms with van der Waals surface area (Å²) in [6.45, 7) is 0. The van der Waals surface area contributed by atoms with E-state index in [4.69, 9.17) is 4.74 Å². The lowest BCUT2D eigenvalue weighted by Crippen LogP contribution is -2.59. The molecule has 2 saturated heterocycles. The Morgan fingerprint density at radius 1 is 0.893 bits per heavy atom. The van der Waals surface area contributed by atoms with Crippen LogP contribution in [0.25, 0.3) is 0 Å². The fourth-order valence-corrected chi connectivity index (χ4v) is 5.98. The highest BCUT2D eigenvalue weighted by molar-refractivity contribution is 5.85. The molecule has 0 radical (unpaired) electrons. The lowest BCUT2D eigenvalue weighted by Gasteiger charge is -2.46. The van der Waals surface area contributed by atoms with Gasteiger partial charge in [0, 0.05) is 24.7 Å². The number of fused-ring (bicyclic) bond motifs is 5. The maximum absolute atomic E-state index is 13.3. The van der Waals surface area contributed by atoms with Gasteiger partial charge in [-0.05, 0) is 17.5 Å². The first-order chi connectivity index (χ1) is 13.4. The van der Waals surface area contributed by atoms with E-state index in [0.717, 1.165) is 29.2 Å². The van der Waals surface area contributed by atoms with Crippen molar-refractivity contribution in [2.24, 2.45) is 11.8 Å². The van der Waals surface area contributed by atoms with Crippen LogP contribution in [0, 0.1) is 11.8 Å². The number of rotatable bonds is 4. The van der Waals surface area contributed by atoms with Gasteiger partial charge in [0.2, 0.25) is 5.60 Å². The van der Waals surface area contributed by atoms with Crippen LogP contribution in [-0.2, 0) is 15.1 Å². The van der Waals surface area contributed by atoms with Crippen molar-refractivity contribution in [2.75, 3.05) is 14.1 Å². The third-order valence-electron chi connectivity index (χ3n) is 7.55. The normalized spacial score (nSPS) is 32.5. The maximum atomic E-state index is 13.3. The average Bonchev–Trinajstić information content (AvgIpc) is 3.47. The van der Waals surface area contributed by atoms with Crippen molar-refractivity contribution in [1.82, 2.24) is 0 Å². The Labute approximate surface area is 166 Å². The molecule has 2 bridgehead atoms. The van der Waals surface area contributed by atoms with Crippen molar-refractivity contribution in [3.63, 3.8) is 0 Å². The van der Waals surface area contributed by atoms with Gasteiger partial charge in [0.05, 0.1) is 26.2 Å². The Balaban J connectivity index is 1.42. The summed E-state index contributed by atoms with van der Waals surface area (Å²) in [5.41, 5.74) is -0.695. The number of hydrogen-bond acceptors (Lipinski definition) is 3. The molecule has 2 heterocycles. The number of esters is 1. The zero-order valence-corrected chi connectivity index (χ0v) is 16.5. The topological polar surface area (TPSA) is 46.5 Å². The molecule has 5 atom stereocenters. The van der Waals surface area contributed by atoms with E-state index < -0.39 is 11.6 Å². The smallest absolute Gasteiger partial charge is 0.347 e. The van der Waals surface area contributed by atoms with Crippen LogP contribution in [0.4, 0.5) is 0 Å². The monoisotopic (exact) mass is 378 g/mol. The first-order valence-electron chi connectivity index (χ1n) is 10.3. The summed E-state index contributed by atoms with van der Waals surface area (Å²) in [4.78, 5) is 13.3. The van der Waals surface area contributed by atoms with Gasteiger partial charge in [-0.25, -0.2) is 4.79 Å². The van der Waals surface area contributed by atoms with Gasteiger partial charge in [-0.15, -0.1) is 0 Å². The summed E-state index contributed by atoms with van der Waals surface area (Å²) >= 11 is 0. The van der Waals surface area contributed by atoms with E-state index in [9.17, 15) is 9.90 Å². The zero-order chi connectivity index (χ0) is 19.5. The number of benzene rings is 2. The molecule has 4 nitrogen and oxygen atoms in total. The van der Waals surface area contributed by atoms with Gasteiger partial charge in [0.1, 0.15) is 6.10 Å². The number of aliphatic hydroxyl groups is 1. The first kappa shape index (κ1) is 17.9. The first-order valence-corrected chi connectivity index (χ1v) is 10.3. The van der Waals surface area contributed by atoms with Gasteiger partial charge in [-0.2, -0.15) is 0 Å². The SMILES string of the molecule is C[N+]1(C)C2C[C@H](OC(=O)C(O)(c3ccccc3)c3ccccc3)CC1[C@H]1CC21. The molecule has 28 heavy (non-hydrogen) atoms. The van der Waals surface area contributed by atoms with Crippen molar-refractivity contribution in [2.45, 2.75) is 43.1 Å². The van der Waals surface area contributed by atoms with Crippen molar-refractivity contribution < 1.29 is 19.1 Å². The van der Waals surface area contributed by atoms with Gasteiger partial charge in [0.15, 0.2) is 0 Å². The number of ether oxygens (including phenoxy) is 1. The number of piperidine rings is 2. The van der Waals surface area contributed by atoms with E-state index in [1.807, 2.05) is 36.4 Å². The molecule has 5 rings (SSSR count). The summed E-state index contributed by atoms with van der Waals surface area (Å²) < 4.78 is 7.07. The largest absolute Gasteiger partial charge is 0.459 e. The highest BCUT2D eigenvalue weighted by atomic mass is 16.6. The molecule has 146 valence electrons. The van der Waals surface area contributed by atoms with E-state index in [0.29, 0.717) is 23.2 Å². The lowest BCUT2D eigenvalue weighted by atomic mass is 9.86. The van der Waals surface area contributed by atoms with Gasteiger partial charge in [-0.1, -0.05) is 60.7 Å². The molecule has 3 fully saturated rings. The number of hydrogen-bond donors (Lipinski definition) is 1. The molecule has 3 unspecified atom stereocenters. The molecular weight excluding hydrogens is 350 g/mol. The summed E-state index contributed by atoms with van der Waals surface area (Å²) in [5, 5.41) is 11.6. The Morgan fingerprint density at radius 2 is 1.36 bits per heavy atom. The van der Waals surface area contributed by atoms with E-state index in [1.165, 1.54) is 6.42 Å². The van der Waals surface area contributed by atoms with Gasteiger partial charge in [-0.3, -0.25) is 0 Å². The molecule has 1 aliphatic carbocycles. The standard InChI is InChI=1S/C24H28NO3/c1-25(2)21-13-18(14-22(25)20-15-19(20)21)28-23(26)24(27,16-9-5-3-6-10-16)17-11-7-4-8-12-17/h3-12,18-22,27H,13-15H2,1-2H3/q+1/t18-,19+,20?,21?,22?/m1/s1. The second-order valence-electron chi connectivity index (χ2n) is 9.27. The predicted molar refractivity (Wildman–Crippen MR) is 106 cm³/mol. The molecule has 2 aromatic carbocycles. The van der Waals surface area contributed by atoms with Crippen LogP contribution in [0.5, 0.6) is 0 Å². The van der Waals surface area contributed by atoms with Crippen LogP contribution in [0.3, 0.4) is 0 Å². The molecular formula is C24H28NO3+. The van der Waals surface area contributed by atoms with Crippen LogP contribution in [0.1, 0.15) is 30.4 Å². The van der Waals surface area contributed by atoms with Crippen molar-refractivity contribution >= 4 is 5.97 Å². The summed E-state index contributed by atoms with van der Waals surface area (Å²) in [6.07, 6.45) is 3.03. The molecule has 1 saturated carbocycles. The van der Waals surface area contributed by atoms with Gasteiger partial charge < -0.3 is 14.3 Å². The van der Waals surface area contributed by atoms with Crippen LogP contribution < -0.4 is 0 Å². The average molecular weight is 378 g/mol. The predicted octanol–water partition coefficient (Wildman–Crippen LogP) is 3.09. The third kappa shape index (κ3) is 2.55. The van der Waals surface area contributed by atoms with Crippen LogP contribution in [-0.4, -0.2) is 47.8 Å². The number of quaternary nitrogens is 1. The summed E-state index contributed by atoms with van der Waals surface area (Å²) in [7, 11) is 4.65. The second-order valence-corrected chi connectivity index (χ2v) is 9.27. The van der Waals surface area contributed by atoms with Crippen molar-refractivity contribution in [3.05, 3.63) is 71.8 Å². The zero-order valence-electron chi connectivity index (χ0n) is 16.5. The molecule has 0 aromatic heterocycles. The van der Waals surface area contributed by atoms with Crippen LogP contribution >= 0.6 is 0 Å². The highest BCUT2D eigenvalue weighted by Crippen LogP contribution is 2.61. The molecule has 3 aliphatic rings. The van der Waals surface area contributed by atoms with E-state index >= 15 is 0 Å². The molecule has 2 aromatic rings. The third-order valence-corrected chi connectivity index (χ3v) is 7.55. The minimum Gasteiger partial charge on any atom is -0.459 e. The molecule has 4 heteroatoms. The highest BCUT2D eigenvalue weighted by Gasteiger charge is 2.68. The van der Waals surface area contributed by atoms with E-state index in [2.05, 4.69) is 14.1 Å². The van der Waals surface area contributed by atoms with Crippen LogP contribution in [0.15, 0.2) is 60.7 Å². The molecule has 1 N–H and O–H groups in total. The summed E-state index contributed by atoms with van der Waals surface area (Å²) in [6, 6.07) is 19.4. The fraction of sp³-hybridized carbons (Fsp3) is 0.458. The molecule has 0 spiro atoms. The quantitative estimate of drug-likeness (QED) is 0.657. The Hall–Kier alpha value is -2.17. The number of nitrogens with zero attached hydrogens (tertiary/aromatic N) is 1. The van der Waals surface area contributed by atoms with Crippen molar-refractivity contribution in [3.8, 4) is 0 Å². The number of carbonyl (C=O) groups excluding carboxylic acids is 1. The van der Waals surface area contributed by atoms with Crippen molar-refractivity contribution in [1.29, 1.82) is 0 Å².